The molecule has 0 atom stereocenters. The molecule has 26 heavy (non-hydrogen) atoms. The number of pyridine rings is 1. The van der Waals surface area contributed by atoms with E-state index in [0.29, 0.717) is 18.7 Å². The van der Waals surface area contributed by atoms with Crippen LogP contribution in [0.2, 0.25) is 0 Å². The fourth-order valence-corrected chi connectivity index (χ4v) is 4.20. The molecule has 0 saturated carbocycles. The van der Waals surface area contributed by atoms with Crippen molar-refractivity contribution in [3.05, 3.63) is 60.2 Å². The Hall–Kier alpha value is -2.71. The van der Waals surface area contributed by atoms with Gasteiger partial charge in [-0.05, 0) is 42.3 Å². The van der Waals surface area contributed by atoms with E-state index in [1.54, 1.807) is 30.3 Å². The number of fused-ring (bicyclic) bond motifs is 2. The SMILES string of the molecule is CN1C(=O)CCc2cc(S(=O)(=O)NCc3ncc4ccccn34)ccc21. The first kappa shape index (κ1) is 16.7. The van der Waals surface area contributed by atoms with Gasteiger partial charge in [-0.15, -0.1) is 0 Å². The molecule has 3 heterocycles. The third-order valence-corrected chi connectivity index (χ3v) is 6.04. The first-order chi connectivity index (χ1) is 12.5. The lowest BCUT2D eigenvalue weighted by molar-refractivity contribution is -0.118. The van der Waals surface area contributed by atoms with Crippen molar-refractivity contribution < 1.29 is 13.2 Å². The van der Waals surface area contributed by atoms with Gasteiger partial charge in [0.05, 0.1) is 23.2 Å². The van der Waals surface area contributed by atoms with Crippen LogP contribution in [0.4, 0.5) is 5.69 Å². The van der Waals surface area contributed by atoms with Gasteiger partial charge >= 0.3 is 0 Å². The van der Waals surface area contributed by atoms with Crippen molar-refractivity contribution in [1.82, 2.24) is 14.1 Å². The highest BCUT2D eigenvalue weighted by Gasteiger charge is 2.23. The van der Waals surface area contributed by atoms with E-state index in [4.69, 9.17) is 0 Å². The summed E-state index contributed by atoms with van der Waals surface area (Å²) in [5, 5.41) is 0. The van der Waals surface area contributed by atoms with Gasteiger partial charge in [0.25, 0.3) is 0 Å². The standard InChI is InChI=1S/C18H18N4O3S/c1-21-16-7-6-15(10-13(16)5-8-18(21)23)26(24,25)20-12-17-19-11-14-4-2-3-9-22(14)17/h2-4,6-7,9-11,20H,5,8,12H2,1H3. The number of amides is 1. The maximum Gasteiger partial charge on any atom is 0.240 e. The molecular formula is C18H18N4O3S. The molecule has 1 aromatic carbocycles. The summed E-state index contributed by atoms with van der Waals surface area (Å²) in [6, 6.07) is 10.5. The minimum atomic E-state index is -3.68. The number of nitrogens with one attached hydrogen (secondary N) is 1. The van der Waals surface area contributed by atoms with E-state index in [1.165, 1.54) is 6.07 Å². The number of hydrogen-bond donors (Lipinski definition) is 1. The zero-order valence-electron chi connectivity index (χ0n) is 14.2. The minimum absolute atomic E-state index is 0.0393. The summed E-state index contributed by atoms with van der Waals surface area (Å²) < 4.78 is 29.8. The van der Waals surface area contributed by atoms with E-state index in [0.717, 1.165) is 16.8 Å². The molecular weight excluding hydrogens is 352 g/mol. The third-order valence-electron chi connectivity index (χ3n) is 4.64. The van der Waals surface area contributed by atoms with Crippen LogP contribution in [0.3, 0.4) is 0 Å². The zero-order chi connectivity index (χ0) is 18.3. The van der Waals surface area contributed by atoms with Gasteiger partial charge in [0, 0.05) is 25.4 Å². The van der Waals surface area contributed by atoms with Crippen LogP contribution in [0.15, 0.2) is 53.7 Å². The van der Waals surface area contributed by atoms with Crippen LogP contribution in [-0.2, 0) is 27.8 Å². The molecule has 0 saturated heterocycles. The second-order valence-corrected chi connectivity index (χ2v) is 8.00. The molecule has 0 unspecified atom stereocenters. The van der Waals surface area contributed by atoms with E-state index < -0.39 is 10.0 Å². The number of carbonyl (C=O) groups excluding carboxylic acids is 1. The number of aryl methyl sites for hydroxylation is 1. The minimum Gasteiger partial charge on any atom is -0.315 e. The molecule has 0 fully saturated rings. The van der Waals surface area contributed by atoms with Crippen molar-refractivity contribution in [3.63, 3.8) is 0 Å². The van der Waals surface area contributed by atoms with Crippen molar-refractivity contribution in [3.8, 4) is 0 Å². The Kier molecular flexibility index (Phi) is 4.01. The summed E-state index contributed by atoms with van der Waals surface area (Å²) in [5.74, 6) is 0.657. The van der Waals surface area contributed by atoms with E-state index in [2.05, 4.69) is 9.71 Å². The molecule has 0 bridgehead atoms. The van der Waals surface area contributed by atoms with Gasteiger partial charge in [0.2, 0.25) is 15.9 Å². The van der Waals surface area contributed by atoms with Gasteiger partial charge < -0.3 is 9.30 Å². The van der Waals surface area contributed by atoms with Crippen LogP contribution in [0.5, 0.6) is 0 Å². The summed E-state index contributed by atoms with van der Waals surface area (Å²) in [7, 11) is -1.97. The number of rotatable bonds is 4. The maximum absolute atomic E-state index is 12.7. The molecule has 1 aliphatic heterocycles. The molecule has 1 amide bonds. The molecule has 1 aliphatic rings. The Morgan fingerprint density at radius 2 is 2.04 bits per heavy atom. The fraction of sp³-hybridized carbons (Fsp3) is 0.222. The largest absolute Gasteiger partial charge is 0.315 e. The van der Waals surface area contributed by atoms with Crippen LogP contribution in [0.25, 0.3) is 5.52 Å². The predicted molar refractivity (Wildman–Crippen MR) is 97.4 cm³/mol. The molecule has 0 spiro atoms. The van der Waals surface area contributed by atoms with Crippen molar-refractivity contribution in [2.75, 3.05) is 11.9 Å². The summed E-state index contributed by atoms with van der Waals surface area (Å²) in [6.07, 6.45) is 4.49. The van der Waals surface area contributed by atoms with Crippen molar-refractivity contribution >= 4 is 27.1 Å². The van der Waals surface area contributed by atoms with Crippen LogP contribution < -0.4 is 9.62 Å². The van der Waals surface area contributed by atoms with Crippen LogP contribution >= 0.6 is 0 Å². The maximum atomic E-state index is 12.7. The molecule has 3 aromatic rings. The second kappa shape index (κ2) is 6.22. The van der Waals surface area contributed by atoms with Gasteiger partial charge in [-0.3, -0.25) is 4.79 Å². The molecule has 2 aromatic heterocycles. The van der Waals surface area contributed by atoms with E-state index >= 15 is 0 Å². The zero-order valence-corrected chi connectivity index (χ0v) is 15.0. The van der Waals surface area contributed by atoms with Crippen molar-refractivity contribution in [2.45, 2.75) is 24.3 Å². The quantitative estimate of drug-likeness (QED) is 0.758. The Labute approximate surface area is 151 Å². The fourth-order valence-electron chi connectivity index (χ4n) is 3.17. The number of carbonyl (C=O) groups is 1. The molecule has 1 N–H and O–H groups in total. The number of sulfonamides is 1. The Bertz CT molecular complexity index is 1100. The van der Waals surface area contributed by atoms with E-state index in [-0.39, 0.29) is 17.3 Å². The molecule has 134 valence electrons. The second-order valence-electron chi connectivity index (χ2n) is 6.24. The Balaban J connectivity index is 1.58. The van der Waals surface area contributed by atoms with E-state index in [1.807, 2.05) is 28.8 Å². The number of nitrogens with zero attached hydrogens (tertiary/aromatic N) is 3. The summed E-state index contributed by atoms with van der Waals surface area (Å²) >= 11 is 0. The number of aromatic nitrogens is 2. The molecule has 0 radical (unpaired) electrons. The topological polar surface area (TPSA) is 83.8 Å². The highest BCUT2D eigenvalue weighted by atomic mass is 32.2. The van der Waals surface area contributed by atoms with Crippen LogP contribution in [0.1, 0.15) is 17.8 Å². The lowest BCUT2D eigenvalue weighted by atomic mass is 10.0. The van der Waals surface area contributed by atoms with E-state index in [9.17, 15) is 13.2 Å². The van der Waals surface area contributed by atoms with Crippen LogP contribution in [-0.4, -0.2) is 30.8 Å². The third kappa shape index (κ3) is 2.87. The molecule has 8 heteroatoms. The number of hydrogen-bond acceptors (Lipinski definition) is 4. The molecule has 7 nitrogen and oxygen atoms in total. The van der Waals surface area contributed by atoms with Crippen LogP contribution in [0, 0.1) is 0 Å². The smallest absolute Gasteiger partial charge is 0.240 e. The lowest BCUT2D eigenvalue weighted by Gasteiger charge is -2.26. The summed E-state index contributed by atoms with van der Waals surface area (Å²) in [4.78, 5) is 17.8. The normalized spacial score (nSPS) is 14.7. The Morgan fingerprint density at radius 3 is 2.88 bits per heavy atom. The van der Waals surface area contributed by atoms with Gasteiger partial charge in [0.15, 0.2) is 0 Å². The summed E-state index contributed by atoms with van der Waals surface area (Å²) in [5.41, 5.74) is 2.53. The molecule has 0 aliphatic carbocycles. The van der Waals surface area contributed by atoms with Gasteiger partial charge in [-0.25, -0.2) is 18.1 Å². The first-order valence-corrected chi connectivity index (χ1v) is 9.74. The highest BCUT2D eigenvalue weighted by Crippen LogP contribution is 2.28. The van der Waals surface area contributed by atoms with Gasteiger partial charge in [-0.1, -0.05) is 6.07 Å². The first-order valence-electron chi connectivity index (χ1n) is 8.26. The van der Waals surface area contributed by atoms with Gasteiger partial charge in [-0.2, -0.15) is 0 Å². The predicted octanol–water partition coefficient (Wildman–Crippen LogP) is 1.72. The van der Waals surface area contributed by atoms with Crippen molar-refractivity contribution in [2.24, 2.45) is 0 Å². The number of benzene rings is 1. The molecule has 4 rings (SSSR count). The average molecular weight is 370 g/mol. The number of imidazole rings is 1. The summed E-state index contributed by atoms with van der Waals surface area (Å²) in [6.45, 7) is 0.0932. The van der Waals surface area contributed by atoms with Crippen molar-refractivity contribution in [1.29, 1.82) is 0 Å². The Morgan fingerprint density at radius 1 is 1.19 bits per heavy atom. The highest BCUT2D eigenvalue weighted by molar-refractivity contribution is 7.89. The average Bonchev–Trinajstić information content (AvgIpc) is 3.06. The monoisotopic (exact) mass is 370 g/mol. The number of anilines is 1. The van der Waals surface area contributed by atoms with Gasteiger partial charge in [0.1, 0.15) is 5.82 Å². The lowest BCUT2D eigenvalue weighted by Crippen LogP contribution is -2.31.